The van der Waals surface area contributed by atoms with Gasteiger partial charge in [-0.25, -0.2) is 0 Å². The topological polar surface area (TPSA) is 32.3 Å². The maximum atomic E-state index is 12.4. The molecule has 0 bridgehead atoms. The SMILES string of the molecule is O=C(c1ccc(I)cc1)N1CC[C@H](NC2CCC2)C1. The number of amides is 1. The van der Waals surface area contributed by atoms with Gasteiger partial charge in [-0.05, 0) is 66.1 Å². The summed E-state index contributed by atoms with van der Waals surface area (Å²) in [6, 6.07) is 9.05. The molecule has 2 fully saturated rings. The number of rotatable bonds is 3. The zero-order chi connectivity index (χ0) is 13.2. The molecular formula is C15H19IN2O. The van der Waals surface area contributed by atoms with E-state index in [1.165, 1.54) is 22.8 Å². The maximum Gasteiger partial charge on any atom is 0.253 e. The van der Waals surface area contributed by atoms with E-state index in [1.807, 2.05) is 29.2 Å². The summed E-state index contributed by atoms with van der Waals surface area (Å²) < 4.78 is 1.17. The summed E-state index contributed by atoms with van der Waals surface area (Å²) >= 11 is 2.26. The highest BCUT2D eigenvalue weighted by Crippen LogP contribution is 2.21. The van der Waals surface area contributed by atoms with Crippen molar-refractivity contribution in [1.82, 2.24) is 10.2 Å². The minimum Gasteiger partial charge on any atom is -0.337 e. The number of hydrogen-bond donors (Lipinski definition) is 1. The third-order valence-corrected chi connectivity index (χ3v) is 4.86. The first-order chi connectivity index (χ1) is 9.22. The Bertz CT molecular complexity index is 456. The number of likely N-dealkylation sites (tertiary alicyclic amines) is 1. The molecule has 1 aliphatic carbocycles. The highest BCUT2D eigenvalue weighted by Gasteiger charge is 2.29. The second-order valence-electron chi connectivity index (χ2n) is 5.54. The van der Waals surface area contributed by atoms with Crippen molar-refractivity contribution in [3.05, 3.63) is 33.4 Å². The number of nitrogens with zero attached hydrogens (tertiary/aromatic N) is 1. The van der Waals surface area contributed by atoms with E-state index in [4.69, 9.17) is 0 Å². The Kier molecular flexibility index (Phi) is 4.07. The van der Waals surface area contributed by atoms with Crippen LogP contribution in [0.2, 0.25) is 0 Å². The summed E-state index contributed by atoms with van der Waals surface area (Å²) in [4.78, 5) is 14.4. The molecule has 0 spiro atoms. The van der Waals surface area contributed by atoms with Crippen molar-refractivity contribution in [1.29, 1.82) is 0 Å². The summed E-state index contributed by atoms with van der Waals surface area (Å²) in [5.74, 6) is 0.175. The second kappa shape index (κ2) is 5.79. The molecule has 3 rings (SSSR count). The lowest BCUT2D eigenvalue weighted by Crippen LogP contribution is -2.44. The lowest BCUT2D eigenvalue weighted by atomic mass is 9.92. The quantitative estimate of drug-likeness (QED) is 0.830. The average molecular weight is 370 g/mol. The molecule has 1 amide bonds. The Morgan fingerprint density at radius 2 is 1.89 bits per heavy atom. The van der Waals surface area contributed by atoms with Crippen LogP contribution in [0, 0.1) is 3.57 Å². The van der Waals surface area contributed by atoms with Gasteiger partial charge in [0.2, 0.25) is 0 Å². The lowest BCUT2D eigenvalue weighted by Gasteiger charge is -2.29. The number of nitrogens with one attached hydrogen (secondary N) is 1. The molecule has 1 aromatic carbocycles. The Morgan fingerprint density at radius 3 is 2.53 bits per heavy atom. The van der Waals surface area contributed by atoms with Gasteiger partial charge in [0.15, 0.2) is 0 Å². The van der Waals surface area contributed by atoms with Crippen LogP contribution >= 0.6 is 22.6 Å². The van der Waals surface area contributed by atoms with Crippen molar-refractivity contribution in [2.24, 2.45) is 0 Å². The molecule has 1 saturated heterocycles. The van der Waals surface area contributed by atoms with Crippen LogP contribution in [-0.2, 0) is 0 Å². The van der Waals surface area contributed by atoms with E-state index >= 15 is 0 Å². The first kappa shape index (κ1) is 13.4. The van der Waals surface area contributed by atoms with E-state index in [-0.39, 0.29) is 5.91 Å². The molecule has 102 valence electrons. The summed E-state index contributed by atoms with van der Waals surface area (Å²) in [6.07, 6.45) is 5.06. The fourth-order valence-electron chi connectivity index (χ4n) is 2.76. The van der Waals surface area contributed by atoms with Crippen molar-refractivity contribution in [2.75, 3.05) is 13.1 Å². The molecule has 1 aliphatic heterocycles. The fraction of sp³-hybridized carbons (Fsp3) is 0.533. The van der Waals surface area contributed by atoms with E-state index in [0.717, 1.165) is 25.1 Å². The minimum absolute atomic E-state index is 0.175. The van der Waals surface area contributed by atoms with Crippen molar-refractivity contribution in [2.45, 2.75) is 37.8 Å². The van der Waals surface area contributed by atoms with E-state index in [0.29, 0.717) is 12.1 Å². The number of halogens is 1. The van der Waals surface area contributed by atoms with Crippen molar-refractivity contribution < 1.29 is 4.79 Å². The lowest BCUT2D eigenvalue weighted by molar-refractivity contribution is 0.0788. The van der Waals surface area contributed by atoms with Crippen LogP contribution in [0.1, 0.15) is 36.0 Å². The zero-order valence-electron chi connectivity index (χ0n) is 10.9. The molecule has 1 heterocycles. The predicted molar refractivity (Wildman–Crippen MR) is 84.2 cm³/mol. The molecule has 4 heteroatoms. The maximum absolute atomic E-state index is 12.4. The van der Waals surface area contributed by atoms with Crippen LogP contribution < -0.4 is 5.32 Å². The smallest absolute Gasteiger partial charge is 0.253 e. The highest BCUT2D eigenvalue weighted by atomic mass is 127. The van der Waals surface area contributed by atoms with Gasteiger partial charge in [-0.3, -0.25) is 4.79 Å². The van der Waals surface area contributed by atoms with Gasteiger partial charge in [0.1, 0.15) is 0 Å². The normalized spacial score (nSPS) is 23.4. The molecule has 0 unspecified atom stereocenters. The summed E-state index contributed by atoms with van der Waals surface area (Å²) in [6.45, 7) is 1.75. The molecule has 3 nitrogen and oxygen atoms in total. The Labute approximate surface area is 127 Å². The zero-order valence-corrected chi connectivity index (χ0v) is 13.1. The molecule has 2 aliphatic rings. The van der Waals surface area contributed by atoms with Gasteiger partial charge in [-0.1, -0.05) is 6.42 Å². The van der Waals surface area contributed by atoms with Crippen LogP contribution in [0.25, 0.3) is 0 Å². The van der Waals surface area contributed by atoms with Crippen molar-refractivity contribution >= 4 is 28.5 Å². The van der Waals surface area contributed by atoms with E-state index in [2.05, 4.69) is 27.9 Å². The van der Waals surface area contributed by atoms with Crippen LogP contribution in [0.15, 0.2) is 24.3 Å². The Morgan fingerprint density at radius 1 is 1.16 bits per heavy atom. The molecule has 1 atom stereocenters. The van der Waals surface area contributed by atoms with Crippen molar-refractivity contribution in [3.63, 3.8) is 0 Å². The van der Waals surface area contributed by atoms with Gasteiger partial charge in [0.05, 0.1) is 0 Å². The van der Waals surface area contributed by atoms with Crippen LogP contribution in [0.3, 0.4) is 0 Å². The third-order valence-electron chi connectivity index (χ3n) is 4.14. The van der Waals surface area contributed by atoms with Gasteiger partial charge in [-0.2, -0.15) is 0 Å². The van der Waals surface area contributed by atoms with Crippen LogP contribution in [-0.4, -0.2) is 36.0 Å². The largest absolute Gasteiger partial charge is 0.337 e. The average Bonchev–Trinajstić information content (AvgIpc) is 2.82. The number of carbonyl (C=O) groups is 1. The van der Waals surface area contributed by atoms with Gasteiger partial charge in [0.25, 0.3) is 5.91 Å². The fourth-order valence-corrected chi connectivity index (χ4v) is 3.12. The van der Waals surface area contributed by atoms with Gasteiger partial charge in [-0.15, -0.1) is 0 Å². The number of carbonyl (C=O) groups excluding carboxylic acids is 1. The standard InChI is InChI=1S/C15H19IN2O/c16-12-6-4-11(5-7-12)15(19)18-9-8-14(10-18)17-13-2-1-3-13/h4-7,13-14,17H,1-3,8-10H2/t14-/m0/s1. The van der Waals surface area contributed by atoms with E-state index < -0.39 is 0 Å². The van der Waals surface area contributed by atoms with Gasteiger partial charge in [0, 0.05) is 34.3 Å². The number of hydrogen-bond acceptors (Lipinski definition) is 2. The molecule has 0 aromatic heterocycles. The van der Waals surface area contributed by atoms with Gasteiger partial charge < -0.3 is 10.2 Å². The molecule has 19 heavy (non-hydrogen) atoms. The van der Waals surface area contributed by atoms with Crippen LogP contribution in [0.4, 0.5) is 0 Å². The number of benzene rings is 1. The van der Waals surface area contributed by atoms with Crippen molar-refractivity contribution in [3.8, 4) is 0 Å². The monoisotopic (exact) mass is 370 g/mol. The Hall–Kier alpha value is -0.620. The molecule has 1 N–H and O–H groups in total. The van der Waals surface area contributed by atoms with Crippen LogP contribution in [0.5, 0.6) is 0 Å². The Balaban J connectivity index is 1.57. The third kappa shape index (κ3) is 3.11. The summed E-state index contributed by atoms with van der Waals surface area (Å²) in [5, 5.41) is 3.67. The van der Waals surface area contributed by atoms with E-state index in [1.54, 1.807) is 0 Å². The first-order valence-electron chi connectivity index (χ1n) is 7.03. The summed E-state index contributed by atoms with van der Waals surface area (Å²) in [5.41, 5.74) is 0.810. The predicted octanol–water partition coefficient (Wildman–Crippen LogP) is 2.65. The molecule has 1 saturated carbocycles. The molecular weight excluding hydrogens is 351 g/mol. The first-order valence-corrected chi connectivity index (χ1v) is 8.11. The highest BCUT2D eigenvalue weighted by molar-refractivity contribution is 14.1. The summed E-state index contributed by atoms with van der Waals surface area (Å²) in [7, 11) is 0. The van der Waals surface area contributed by atoms with Gasteiger partial charge >= 0.3 is 0 Å². The molecule has 1 aromatic rings. The molecule has 0 radical (unpaired) electrons. The minimum atomic E-state index is 0.175. The van der Waals surface area contributed by atoms with E-state index in [9.17, 15) is 4.79 Å². The second-order valence-corrected chi connectivity index (χ2v) is 6.78.